The second-order valence-electron chi connectivity index (χ2n) is 4.57. The van der Waals surface area contributed by atoms with Crippen molar-refractivity contribution in [2.75, 3.05) is 31.2 Å². The molecular formula is C15H14ClNO3. The van der Waals surface area contributed by atoms with E-state index in [2.05, 4.69) is 0 Å². The molecule has 1 aromatic heterocycles. The third kappa shape index (κ3) is 2.71. The minimum atomic E-state index is -0.0901. The Morgan fingerprint density at radius 2 is 1.85 bits per heavy atom. The number of morpholine rings is 1. The lowest BCUT2D eigenvalue weighted by molar-refractivity contribution is 0.120. The molecule has 0 radical (unpaired) electrons. The zero-order chi connectivity index (χ0) is 13.9. The van der Waals surface area contributed by atoms with E-state index in [1.54, 1.807) is 6.07 Å². The number of hydrogen-bond donors (Lipinski definition) is 0. The molecule has 5 heteroatoms. The molecule has 4 nitrogen and oxygen atoms in total. The molecule has 0 amide bonds. The van der Waals surface area contributed by atoms with Crippen LogP contribution in [0.1, 0.15) is 0 Å². The van der Waals surface area contributed by atoms with E-state index in [1.807, 2.05) is 23.1 Å². The van der Waals surface area contributed by atoms with Crippen LogP contribution in [0.25, 0.3) is 11.3 Å². The summed E-state index contributed by atoms with van der Waals surface area (Å²) in [5, 5.41) is 0.565. The number of hydrogen-bond acceptors (Lipinski definition) is 4. The van der Waals surface area contributed by atoms with E-state index in [-0.39, 0.29) is 5.43 Å². The van der Waals surface area contributed by atoms with E-state index in [1.165, 1.54) is 12.1 Å². The lowest BCUT2D eigenvalue weighted by Gasteiger charge is -2.27. The van der Waals surface area contributed by atoms with Crippen molar-refractivity contribution in [2.45, 2.75) is 0 Å². The molecule has 20 heavy (non-hydrogen) atoms. The van der Waals surface area contributed by atoms with Crippen LogP contribution in [0.3, 0.4) is 0 Å². The van der Waals surface area contributed by atoms with Crippen LogP contribution >= 0.6 is 11.6 Å². The zero-order valence-corrected chi connectivity index (χ0v) is 11.6. The summed E-state index contributed by atoms with van der Waals surface area (Å²) in [5.74, 6) is 1.06. The van der Waals surface area contributed by atoms with Crippen LogP contribution in [0.15, 0.2) is 45.6 Å². The number of nitrogens with zero attached hydrogens (tertiary/aromatic N) is 1. The SMILES string of the molecule is O=c1cc(-c2ccccc2Cl)oc(N2CCOCC2)c1. The van der Waals surface area contributed by atoms with Crippen LogP contribution in [-0.4, -0.2) is 26.3 Å². The maximum Gasteiger partial charge on any atom is 0.200 e. The van der Waals surface area contributed by atoms with Gasteiger partial charge in [-0.2, -0.15) is 0 Å². The summed E-state index contributed by atoms with van der Waals surface area (Å²) in [7, 11) is 0. The Hall–Kier alpha value is -1.78. The Labute approximate surface area is 121 Å². The Bertz CT molecular complexity index is 662. The Kier molecular flexibility index (Phi) is 3.76. The highest BCUT2D eigenvalue weighted by atomic mass is 35.5. The highest BCUT2D eigenvalue weighted by molar-refractivity contribution is 6.33. The first kappa shape index (κ1) is 13.2. The first-order valence-electron chi connectivity index (χ1n) is 6.47. The molecule has 0 unspecified atom stereocenters. The number of benzene rings is 1. The van der Waals surface area contributed by atoms with Crippen molar-refractivity contribution in [3.8, 4) is 11.3 Å². The van der Waals surface area contributed by atoms with Gasteiger partial charge in [-0.15, -0.1) is 0 Å². The van der Waals surface area contributed by atoms with Gasteiger partial charge in [0.2, 0.25) is 0 Å². The molecule has 1 aliphatic rings. The molecule has 1 fully saturated rings. The normalized spacial score (nSPS) is 15.3. The van der Waals surface area contributed by atoms with Gasteiger partial charge < -0.3 is 14.1 Å². The lowest BCUT2D eigenvalue weighted by atomic mass is 10.1. The third-order valence-electron chi connectivity index (χ3n) is 3.22. The van der Waals surface area contributed by atoms with Gasteiger partial charge in [-0.25, -0.2) is 0 Å². The first-order valence-corrected chi connectivity index (χ1v) is 6.84. The van der Waals surface area contributed by atoms with Crippen LogP contribution in [-0.2, 0) is 4.74 Å². The van der Waals surface area contributed by atoms with E-state index >= 15 is 0 Å². The minimum absolute atomic E-state index is 0.0901. The van der Waals surface area contributed by atoms with Crippen molar-refractivity contribution in [3.05, 3.63) is 51.6 Å². The second kappa shape index (κ2) is 5.69. The standard InChI is InChI=1S/C15H14ClNO3/c16-13-4-2-1-3-12(13)14-9-11(18)10-15(20-14)17-5-7-19-8-6-17/h1-4,9-10H,5-8H2. The average molecular weight is 292 g/mol. The van der Waals surface area contributed by atoms with Gasteiger partial charge in [-0.3, -0.25) is 4.79 Å². The highest BCUT2D eigenvalue weighted by Gasteiger charge is 2.16. The van der Waals surface area contributed by atoms with Gasteiger partial charge in [-0.05, 0) is 12.1 Å². The summed E-state index contributed by atoms with van der Waals surface area (Å²) in [5.41, 5.74) is 0.633. The second-order valence-corrected chi connectivity index (χ2v) is 4.98. The minimum Gasteiger partial charge on any atom is -0.440 e. The fraction of sp³-hybridized carbons (Fsp3) is 0.267. The van der Waals surface area contributed by atoms with Crippen molar-refractivity contribution in [1.82, 2.24) is 0 Å². The summed E-state index contributed by atoms with van der Waals surface area (Å²) in [6.07, 6.45) is 0. The van der Waals surface area contributed by atoms with Gasteiger partial charge in [0.15, 0.2) is 11.3 Å². The quantitative estimate of drug-likeness (QED) is 0.853. The molecule has 3 rings (SSSR count). The highest BCUT2D eigenvalue weighted by Crippen LogP contribution is 2.29. The van der Waals surface area contributed by atoms with Crippen LogP contribution in [0.4, 0.5) is 5.88 Å². The Morgan fingerprint density at radius 1 is 1.10 bits per heavy atom. The zero-order valence-electron chi connectivity index (χ0n) is 10.8. The molecule has 1 saturated heterocycles. The number of ether oxygens (including phenoxy) is 1. The molecular weight excluding hydrogens is 278 g/mol. The molecule has 104 valence electrons. The molecule has 1 aliphatic heterocycles. The smallest absolute Gasteiger partial charge is 0.200 e. The van der Waals surface area contributed by atoms with E-state index in [9.17, 15) is 4.79 Å². The molecule has 2 heterocycles. The first-order chi connectivity index (χ1) is 9.74. The monoisotopic (exact) mass is 291 g/mol. The van der Waals surface area contributed by atoms with E-state index < -0.39 is 0 Å². The molecule has 1 aromatic carbocycles. The largest absolute Gasteiger partial charge is 0.440 e. The van der Waals surface area contributed by atoms with E-state index in [0.717, 1.165) is 18.7 Å². The summed E-state index contributed by atoms with van der Waals surface area (Å²) in [4.78, 5) is 13.9. The topological polar surface area (TPSA) is 42.7 Å². The summed E-state index contributed by atoms with van der Waals surface area (Å²) >= 11 is 6.15. The maximum absolute atomic E-state index is 11.9. The average Bonchev–Trinajstić information content (AvgIpc) is 2.48. The molecule has 0 bridgehead atoms. The van der Waals surface area contributed by atoms with E-state index in [0.29, 0.717) is 29.9 Å². The van der Waals surface area contributed by atoms with Crippen molar-refractivity contribution in [3.63, 3.8) is 0 Å². The van der Waals surface area contributed by atoms with Crippen molar-refractivity contribution < 1.29 is 9.15 Å². The molecule has 0 spiro atoms. The molecule has 2 aromatic rings. The molecule has 0 atom stereocenters. The van der Waals surface area contributed by atoms with Crippen molar-refractivity contribution in [2.24, 2.45) is 0 Å². The van der Waals surface area contributed by atoms with Gasteiger partial charge in [0.05, 0.1) is 18.2 Å². The number of halogens is 1. The Balaban J connectivity index is 2.02. The fourth-order valence-corrected chi connectivity index (χ4v) is 2.43. The van der Waals surface area contributed by atoms with Crippen molar-refractivity contribution in [1.29, 1.82) is 0 Å². The number of rotatable bonds is 2. The van der Waals surface area contributed by atoms with Gasteiger partial charge in [0.1, 0.15) is 5.76 Å². The fourth-order valence-electron chi connectivity index (χ4n) is 2.20. The maximum atomic E-state index is 11.9. The lowest BCUT2D eigenvalue weighted by Crippen LogP contribution is -2.36. The van der Waals surface area contributed by atoms with Crippen molar-refractivity contribution >= 4 is 17.5 Å². The van der Waals surface area contributed by atoms with Gasteiger partial charge in [-0.1, -0.05) is 23.7 Å². The van der Waals surface area contributed by atoms with Crippen LogP contribution < -0.4 is 10.3 Å². The van der Waals surface area contributed by atoms with E-state index in [4.69, 9.17) is 20.8 Å². The summed E-state index contributed by atoms with van der Waals surface area (Å²) in [6.45, 7) is 2.71. The number of anilines is 1. The predicted molar refractivity (Wildman–Crippen MR) is 78.5 cm³/mol. The van der Waals surface area contributed by atoms with Crippen LogP contribution in [0.2, 0.25) is 5.02 Å². The van der Waals surface area contributed by atoms with Gasteiger partial charge >= 0.3 is 0 Å². The summed E-state index contributed by atoms with van der Waals surface area (Å²) < 4.78 is 11.2. The van der Waals surface area contributed by atoms with Gasteiger partial charge in [0.25, 0.3) is 0 Å². The van der Waals surface area contributed by atoms with Crippen LogP contribution in [0, 0.1) is 0 Å². The summed E-state index contributed by atoms with van der Waals surface area (Å²) in [6, 6.07) is 10.3. The Morgan fingerprint density at radius 3 is 2.60 bits per heavy atom. The predicted octanol–water partition coefficient (Wildman–Crippen LogP) is 2.80. The molecule has 0 saturated carbocycles. The third-order valence-corrected chi connectivity index (χ3v) is 3.55. The van der Waals surface area contributed by atoms with Crippen LogP contribution in [0.5, 0.6) is 0 Å². The molecule has 0 aliphatic carbocycles. The van der Waals surface area contributed by atoms with Gasteiger partial charge in [0, 0.05) is 30.8 Å². The molecule has 0 N–H and O–H groups in total.